The van der Waals surface area contributed by atoms with Crippen LogP contribution in [0.2, 0.25) is 0 Å². The lowest BCUT2D eigenvalue weighted by Crippen LogP contribution is -2.50. The highest BCUT2D eigenvalue weighted by molar-refractivity contribution is 7.87. The summed E-state index contributed by atoms with van der Waals surface area (Å²) >= 11 is 0. The summed E-state index contributed by atoms with van der Waals surface area (Å²) in [7, 11) is -2.09. The Bertz CT molecular complexity index is 640. The van der Waals surface area contributed by atoms with E-state index >= 15 is 0 Å². The van der Waals surface area contributed by atoms with Crippen molar-refractivity contribution in [2.45, 2.75) is 25.0 Å². The quantitative estimate of drug-likeness (QED) is 0.747. The molecule has 0 radical (unpaired) electrons. The number of methoxy groups -OCH3 is 1. The highest BCUT2D eigenvalue weighted by Crippen LogP contribution is 2.38. The minimum atomic E-state index is -3.62. The molecule has 0 aromatic carbocycles. The van der Waals surface area contributed by atoms with Crippen molar-refractivity contribution in [3.05, 3.63) is 23.9 Å². The Morgan fingerprint density at radius 2 is 2.08 bits per heavy atom. The molecule has 1 aliphatic heterocycles. The number of rotatable bonds is 6. The number of aliphatic hydroxyl groups excluding tert-OH is 1. The van der Waals surface area contributed by atoms with Gasteiger partial charge in [0, 0.05) is 25.4 Å². The first kappa shape index (κ1) is 17.6. The topological polar surface area (TPSA) is 101 Å². The van der Waals surface area contributed by atoms with Crippen molar-refractivity contribution in [1.29, 1.82) is 0 Å². The Kier molecular flexibility index (Phi) is 5.36. The summed E-state index contributed by atoms with van der Waals surface area (Å²) in [6, 6.07) is 3.10. The molecule has 0 spiro atoms. The van der Waals surface area contributed by atoms with E-state index in [0.717, 1.165) is 5.56 Å². The maximum Gasteiger partial charge on any atom is 0.280 e. The third-order valence-electron chi connectivity index (χ3n) is 4.53. The van der Waals surface area contributed by atoms with Crippen LogP contribution in [0.4, 0.5) is 0 Å². The zero-order valence-electron chi connectivity index (χ0n) is 13.6. The van der Waals surface area contributed by atoms with E-state index in [1.807, 2.05) is 6.07 Å². The van der Waals surface area contributed by atoms with E-state index in [9.17, 15) is 13.5 Å². The van der Waals surface area contributed by atoms with Crippen LogP contribution in [0.15, 0.2) is 18.3 Å². The molecular formula is C15H23N3O5S. The normalized spacial score (nSPS) is 26.6. The summed E-state index contributed by atoms with van der Waals surface area (Å²) in [5, 5.41) is 9.60. The summed E-state index contributed by atoms with van der Waals surface area (Å²) in [4.78, 5) is 4.17. The summed E-state index contributed by atoms with van der Waals surface area (Å²) in [5.74, 6) is 0.521. The summed E-state index contributed by atoms with van der Waals surface area (Å²) in [6.45, 7) is 1.49. The lowest BCUT2D eigenvalue weighted by molar-refractivity contribution is 0.0271. The van der Waals surface area contributed by atoms with Crippen molar-refractivity contribution in [3.8, 4) is 5.88 Å². The molecule has 2 N–H and O–H groups in total. The van der Waals surface area contributed by atoms with E-state index in [1.54, 1.807) is 12.3 Å². The van der Waals surface area contributed by atoms with E-state index in [0.29, 0.717) is 45.0 Å². The number of ether oxygens (including phenoxy) is 2. The lowest BCUT2D eigenvalue weighted by Gasteiger charge is -2.39. The minimum Gasteiger partial charge on any atom is -0.481 e. The van der Waals surface area contributed by atoms with E-state index < -0.39 is 16.3 Å². The Balaban J connectivity index is 1.79. The minimum absolute atomic E-state index is 0.0472. The molecule has 24 heavy (non-hydrogen) atoms. The first-order valence-electron chi connectivity index (χ1n) is 8.03. The SMILES string of the molecule is COc1ccc([C@@H](NS(=O)(=O)N2CCOCC2)C2CC(O)C2)cn1. The molecule has 1 aromatic heterocycles. The fourth-order valence-electron chi connectivity index (χ4n) is 3.06. The molecule has 1 saturated heterocycles. The van der Waals surface area contributed by atoms with Crippen LogP contribution < -0.4 is 9.46 Å². The number of pyridine rings is 1. The van der Waals surface area contributed by atoms with Gasteiger partial charge in [0.25, 0.3) is 10.2 Å². The molecule has 9 heteroatoms. The van der Waals surface area contributed by atoms with Gasteiger partial charge in [0.05, 0.1) is 32.5 Å². The van der Waals surface area contributed by atoms with Crippen LogP contribution in [0.25, 0.3) is 0 Å². The second kappa shape index (κ2) is 7.32. The Morgan fingerprint density at radius 3 is 2.62 bits per heavy atom. The van der Waals surface area contributed by atoms with Crippen molar-refractivity contribution in [3.63, 3.8) is 0 Å². The predicted octanol–water partition coefficient (Wildman–Crippen LogP) is 0.0688. The zero-order chi connectivity index (χ0) is 17.2. The van der Waals surface area contributed by atoms with Gasteiger partial charge in [0.1, 0.15) is 0 Å². The van der Waals surface area contributed by atoms with Crippen LogP contribution in [0.5, 0.6) is 5.88 Å². The fourth-order valence-corrected chi connectivity index (χ4v) is 4.49. The molecule has 8 nitrogen and oxygen atoms in total. The Morgan fingerprint density at radius 1 is 1.38 bits per heavy atom. The van der Waals surface area contributed by atoms with E-state index in [2.05, 4.69) is 9.71 Å². The number of aliphatic hydroxyl groups is 1. The van der Waals surface area contributed by atoms with E-state index in [-0.39, 0.29) is 12.0 Å². The Hall–Kier alpha value is -1.26. The number of morpholine rings is 1. The van der Waals surface area contributed by atoms with Gasteiger partial charge < -0.3 is 14.6 Å². The van der Waals surface area contributed by atoms with Crippen LogP contribution in [-0.4, -0.2) is 62.3 Å². The second-order valence-electron chi connectivity index (χ2n) is 6.13. The highest BCUT2D eigenvalue weighted by Gasteiger charge is 2.38. The van der Waals surface area contributed by atoms with Crippen molar-refractivity contribution in [2.75, 3.05) is 33.4 Å². The maximum atomic E-state index is 12.7. The van der Waals surface area contributed by atoms with E-state index in [4.69, 9.17) is 9.47 Å². The first-order valence-corrected chi connectivity index (χ1v) is 9.47. The summed E-state index contributed by atoms with van der Waals surface area (Å²) in [6.07, 6.45) is 2.40. The molecule has 1 atom stereocenters. The van der Waals surface area contributed by atoms with Crippen LogP contribution in [-0.2, 0) is 14.9 Å². The molecule has 2 aliphatic rings. The third-order valence-corrected chi connectivity index (χ3v) is 6.13. The highest BCUT2D eigenvalue weighted by atomic mass is 32.2. The molecular weight excluding hydrogens is 334 g/mol. The molecule has 1 aromatic rings. The molecule has 2 fully saturated rings. The third kappa shape index (κ3) is 3.86. The van der Waals surface area contributed by atoms with Crippen molar-refractivity contribution < 1.29 is 23.0 Å². The van der Waals surface area contributed by atoms with Crippen LogP contribution in [0.3, 0.4) is 0 Å². The van der Waals surface area contributed by atoms with Gasteiger partial charge in [-0.2, -0.15) is 17.4 Å². The molecule has 2 heterocycles. The fraction of sp³-hybridized carbons (Fsp3) is 0.667. The number of hydrogen-bond acceptors (Lipinski definition) is 6. The van der Waals surface area contributed by atoms with Crippen molar-refractivity contribution in [1.82, 2.24) is 14.0 Å². The van der Waals surface area contributed by atoms with Crippen molar-refractivity contribution in [2.24, 2.45) is 5.92 Å². The Labute approximate surface area is 142 Å². The molecule has 0 amide bonds. The van der Waals surface area contributed by atoms with Crippen molar-refractivity contribution >= 4 is 10.2 Å². The standard InChI is InChI=1S/C15H23N3O5S/c1-22-14-3-2-11(10-16-14)15(12-8-13(19)9-12)17-24(20,21)18-4-6-23-7-5-18/h2-3,10,12-13,15,17,19H,4-9H2,1H3/t12?,13?,15-/m1/s1. The average molecular weight is 357 g/mol. The molecule has 3 rings (SSSR count). The first-order chi connectivity index (χ1) is 11.5. The predicted molar refractivity (Wildman–Crippen MR) is 86.7 cm³/mol. The lowest BCUT2D eigenvalue weighted by atomic mass is 9.76. The second-order valence-corrected chi connectivity index (χ2v) is 7.83. The maximum absolute atomic E-state index is 12.7. The average Bonchev–Trinajstić information content (AvgIpc) is 2.58. The molecule has 1 aliphatic carbocycles. The molecule has 0 unspecified atom stereocenters. The van der Waals surface area contributed by atoms with Gasteiger partial charge in [-0.05, 0) is 24.3 Å². The number of nitrogens with zero attached hydrogens (tertiary/aromatic N) is 2. The summed E-state index contributed by atoms with van der Waals surface area (Å²) in [5.41, 5.74) is 0.768. The van der Waals surface area contributed by atoms with Crippen LogP contribution in [0.1, 0.15) is 24.4 Å². The van der Waals surface area contributed by atoms with Gasteiger partial charge in [-0.3, -0.25) is 0 Å². The summed E-state index contributed by atoms with van der Waals surface area (Å²) < 4.78 is 39.8. The molecule has 1 saturated carbocycles. The number of nitrogens with one attached hydrogen (secondary N) is 1. The molecule has 134 valence electrons. The molecule has 0 bridgehead atoms. The zero-order valence-corrected chi connectivity index (χ0v) is 14.4. The van der Waals surface area contributed by atoms with Crippen LogP contribution >= 0.6 is 0 Å². The number of hydrogen-bond donors (Lipinski definition) is 2. The van der Waals surface area contributed by atoms with Crippen LogP contribution in [0, 0.1) is 5.92 Å². The van der Waals surface area contributed by atoms with Gasteiger partial charge in [-0.25, -0.2) is 4.98 Å². The van der Waals surface area contributed by atoms with Gasteiger partial charge >= 0.3 is 0 Å². The monoisotopic (exact) mass is 357 g/mol. The number of aromatic nitrogens is 1. The van der Waals surface area contributed by atoms with Gasteiger partial charge in [-0.15, -0.1) is 0 Å². The van der Waals surface area contributed by atoms with Gasteiger partial charge in [-0.1, -0.05) is 6.07 Å². The van der Waals surface area contributed by atoms with E-state index in [1.165, 1.54) is 11.4 Å². The van der Waals surface area contributed by atoms with Gasteiger partial charge in [0.2, 0.25) is 5.88 Å². The van der Waals surface area contributed by atoms with Gasteiger partial charge in [0.15, 0.2) is 0 Å². The largest absolute Gasteiger partial charge is 0.481 e. The smallest absolute Gasteiger partial charge is 0.280 e.